The molecule has 3 N–H and O–H groups in total. The van der Waals surface area contributed by atoms with Crippen molar-refractivity contribution in [3.63, 3.8) is 0 Å². The normalized spacial score (nSPS) is 16.1. The standard InChI is InChI=1S/C33H31FN8O3/c1-3-4-29(43)40-24-7-9-25(10-8-24)42-33-30(32(35)38-19-39-33)31(41-42)22-5-11-26(12-6-22)45-28-14-23(34)13-27(15-28)44-18-21-16-36-20(2)37-17-21/h5-6,11-17,19,24-25H,7-10,18H2,1-2H3,(H,40,43)(H2,35,38,39)/t24-,25+. The summed E-state index contributed by atoms with van der Waals surface area (Å²) < 4.78 is 28.0. The summed E-state index contributed by atoms with van der Waals surface area (Å²) in [5, 5.41) is 8.61. The molecule has 1 saturated carbocycles. The maximum absolute atomic E-state index is 14.4. The minimum absolute atomic E-state index is 0.0756. The van der Waals surface area contributed by atoms with Gasteiger partial charge in [-0.15, -0.1) is 0 Å². The predicted molar refractivity (Wildman–Crippen MR) is 166 cm³/mol. The van der Waals surface area contributed by atoms with Gasteiger partial charge in [-0.3, -0.25) is 4.79 Å². The Morgan fingerprint density at radius 2 is 1.76 bits per heavy atom. The van der Waals surface area contributed by atoms with E-state index in [1.54, 1.807) is 44.4 Å². The molecule has 12 heteroatoms. The van der Waals surface area contributed by atoms with Crippen molar-refractivity contribution in [1.82, 2.24) is 35.0 Å². The number of hydrogen-bond donors (Lipinski definition) is 2. The second-order valence-corrected chi connectivity index (χ2v) is 10.8. The van der Waals surface area contributed by atoms with Crippen LogP contribution in [0.2, 0.25) is 0 Å². The third-order valence-electron chi connectivity index (χ3n) is 7.58. The summed E-state index contributed by atoms with van der Waals surface area (Å²) in [6.07, 6.45) is 8.02. The molecule has 0 saturated heterocycles. The van der Waals surface area contributed by atoms with Gasteiger partial charge in [0.05, 0.1) is 11.4 Å². The van der Waals surface area contributed by atoms with Crippen molar-refractivity contribution >= 4 is 22.8 Å². The number of nitrogen functional groups attached to an aromatic ring is 1. The summed E-state index contributed by atoms with van der Waals surface area (Å²) in [6, 6.07) is 11.7. The van der Waals surface area contributed by atoms with Gasteiger partial charge in [-0.1, -0.05) is 5.92 Å². The molecule has 0 unspecified atom stereocenters. The number of nitrogens with one attached hydrogen (secondary N) is 1. The average Bonchev–Trinajstić information content (AvgIpc) is 3.42. The number of nitrogens with two attached hydrogens (primary N) is 1. The number of aryl methyl sites for hydroxylation is 1. The molecule has 228 valence electrons. The molecule has 45 heavy (non-hydrogen) atoms. The van der Waals surface area contributed by atoms with Crippen LogP contribution in [0.4, 0.5) is 10.2 Å². The van der Waals surface area contributed by atoms with Crippen LogP contribution in [0.5, 0.6) is 17.2 Å². The summed E-state index contributed by atoms with van der Waals surface area (Å²) in [5.41, 5.74) is 9.21. The van der Waals surface area contributed by atoms with Crippen molar-refractivity contribution in [2.75, 3.05) is 5.73 Å². The number of benzene rings is 2. The van der Waals surface area contributed by atoms with E-state index in [1.165, 1.54) is 18.5 Å². The van der Waals surface area contributed by atoms with Gasteiger partial charge in [0.15, 0.2) is 5.65 Å². The zero-order chi connectivity index (χ0) is 31.3. The van der Waals surface area contributed by atoms with E-state index in [1.807, 2.05) is 16.8 Å². The Morgan fingerprint density at radius 1 is 1.02 bits per heavy atom. The number of halogens is 1. The summed E-state index contributed by atoms with van der Waals surface area (Å²) in [5.74, 6) is 6.55. The van der Waals surface area contributed by atoms with E-state index in [0.717, 1.165) is 36.8 Å². The fourth-order valence-corrected chi connectivity index (χ4v) is 5.41. The van der Waals surface area contributed by atoms with Crippen molar-refractivity contribution in [3.8, 4) is 40.3 Å². The highest BCUT2D eigenvalue weighted by Crippen LogP contribution is 2.37. The first-order valence-corrected chi connectivity index (χ1v) is 14.6. The number of rotatable bonds is 8. The number of fused-ring (bicyclic) bond motifs is 1. The van der Waals surface area contributed by atoms with Gasteiger partial charge in [-0.2, -0.15) is 5.10 Å². The lowest BCUT2D eigenvalue weighted by Crippen LogP contribution is -2.37. The first kappa shape index (κ1) is 29.5. The van der Waals surface area contributed by atoms with Gasteiger partial charge in [0.25, 0.3) is 5.91 Å². The Morgan fingerprint density at radius 3 is 2.49 bits per heavy atom. The molecule has 6 rings (SSSR count). The van der Waals surface area contributed by atoms with Crippen LogP contribution in [0, 0.1) is 24.6 Å². The van der Waals surface area contributed by atoms with Crippen molar-refractivity contribution in [3.05, 3.63) is 78.4 Å². The van der Waals surface area contributed by atoms with E-state index < -0.39 is 5.82 Å². The molecule has 0 aliphatic heterocycles. The minimum atomic E-state index is -0.488. The molecule has 1 amide bonds. The number of amides is 1. The van der Waals surface area contributed by atoms with Gasteiger partial charge in [0.1, 0.15) is 53.3 Å². The molecule has 1 aliphatic rings. The van der Waals surface area contributed by atoms with E-state index in [0.29, 0.717) is 45.6 Å². The molecular weight excluding hydrogens is 575 g/mol. The van der Waals surface area contributed by atoms with Crippen LogP contribution in [0.3, 0.4) is 0 Å². The summed E-state index contributed by atoms with van der Waals surface area (Å²) >= 11 is 0. The second kappa shape index (κ2) is 13.0. The highest BCUT2D eigenvalue weighted by atomic mass is 19.1. The maximum atomic E-state index is 14.4. The Labute approximate surface area is 259 Å². The molecule has 11 nitrogen and oxygen atoms in total. The highest BCUT2D eigenvalue weighted by Gasteiger charge is 2.27. The molecule has 1 aliphatic carbocycles. The SMILES string of the molecule is CC#CC(=O)N[C@H]1CC[C@@H](n2nc(-c3ccc(Oc4cc(F)cc(OCc5cnc(C)nc5)c4)cc3)c3c(N)ncnc32)CC1. The first-order valence-electron chi connectivity index (χ1n) is 14.6. The lowest BCUT2D eigenvalue weighted by molar-refractivity contribution is -0.116. The molecular formula is C33H31FN8O3. The summed E-state index contributed by atoms with van der Waals surface area (Å²) in [6.45, 7) is 3.64. The van der Waals surface area contributed by atoms with Crippen molar-refractivity contribution in [2.45, 2.75) is 58.2 Å². The van der Waals surface area contributed by atoms with Crippen LogP contribution >= 0.6 is 0 Å². The zero-order valence-corrected chi connectivity index (χ0v) is 24.8. The molecule has 0 atom stereocenters. The lowest BCUT2D eigenvalue weighted by atomic mass is 9.91. The molecule has 0 radical (unpaired) electrons. The molecule has 5 aromatic rings. The number of carbonyl (C=O) groups excluding carboxylic acids is 1. The Kier molecular flexibility index (Phi) is 8.50. The van der Waals surface area contributed by atoms with Gasteiger partial charge in [0.2, 0.25) is 0 Å². The van der Waals surface area contributed by atoms with Crippen molar-refractivity contribution < 1.29 is 18.7 Å². The Balaban J connectivity index is 1.18. The quantitative estimate of drug-likeness (QED) is 0.225. The number of hydrogen-bond acceptors (Lipinski definition) is 9. The van der Waals surface area contributed by atoms with Crippen molar-refractivity contribution in [2.24, 2.45) is 0 Å². The van der Waals surface area contributed by atoms with Crippen LogP contribution in [0.15, 0.2) is 61.2 Å². The number of nitrogens with zero attached hydrogens (tertiary/aromatic N) is 6. The Hall–Kier alpha value is -5.57. The van der Waals surface area contributed by atoms with Gasteiger partial charge in [-0.05, 0) is 69.7 Å². The van der Waals surface area contributed by atoms with E-state index >= 15 is 0 Å². The smallest absolute Gasteiger partial charge is 0.296 e. The average molecular weight is 607 g/mol. The number of aromatic nitrogens is 6. The third kappa shape index (κ3) is 6.83. The number of ether oxygens (including phenoxy) is 2. The summed E-state index contributed by atoms with van der Waals surface area (Å²) in [4.78, 5) is 28.9. The van der Waals surface area contributed by atoms with Crippen LogP contribution in [0.25, 0.3) is 22.3 Å². The molecule has 2 aromatic carbocycles. The van der Waals surface area contributed by atoms with E-state index in [-0.39, 0.29) is 24.6 Å². The fourth-order valence-electron chi connectivity index (χ4n) is 5.41. The monoisotopic (exact) mass is 606 g/mol. The molecule has 0 spiro atoms. The van der Waals surface area contributed by atoms with Crippen LogP contribution in [-0.2, 0) is 11.4 Å². The molecule has 3 aromatic heterocycles. The summed E-state index contributed by atoms with van der Waals surface area (Å²) in [7, 11) is 0. The predicted octanol–water partition coefficient (Wildman–Crippen LogP) is 5.31. The highest BCUT2D eigenvalue weighted by molar-refractivity contribution is 5.98. The lowest BCUT2D eigenvalue weighted by Gasteiger charge is -2.28. The molecule has 0 bridgehead atoms. The van der Waals surface area contributed by atoms with Crippen molar-refractivity contribution in [1.29, 1.82) is 0 Å². The maximum Gasteiger partial charge on any atom is 0.296 e. The van der Waals surface area contributed by atoms with Crippen LogP contribution in [-0.4, -0.2) is 41.7 Å². The first-order chi connectivity index (χ1) is 21.9. The number of carbonyl (C=O) groups is 1. The van der Waals surface area contributed by atoms with Crippen LogP contribution in [0.1, 0.15) is 50.0 Å². The largest absolute Gasteiger partial charge is 0.489 e. The van der Waals surface area contributed by atoms with Gasteiger partial charge in [0, 0.05) is 47.8 Å². The number of anilines is 1. The zero-order valence-electron chi connectivity index (χ0n) is 24.8. The fraction of sp³-hybridized carbons (Fsp3) is 0.273. The van der Waals surface area contributed by atoms with E-state index in [4.69, 9.17) is 20.3 Å². The topological polar surface area (TPSA) is 143 Å². The van der Waals surface area contributed by atoms with E-state index in [2.05, 4.69) is 37.1 Å². The third-order valence-corrected chi connectivity index (χ3v) is 7.58. The molecule has 3 heterocycles. The van der Waals surface area contributed by atoms with Crippen LogP contribution < -0.4 is 20.5 Å². The molecule has 1 fully saturated rings. The van der Waals surface area contributed by atoms with Gasteiger partial charge in [-0.25, -0.2) is 29.0 Å². The second-order valence-electron chi connectivity index (χ2n) is 10.8. The minimum Gasteiger partial charge on any atom is -0.489 e. The Bertz CT molecular complexity index is 1890. The van der Waals surface area contributed by atoms with Gasteiger partial charge >= 0.3 is 0 Å². The van der Waals surface area contributed by atoms with E-state index in [9.17, 15) is 9.18 Å². The van der Waals surface area contributed by atoms with Gasteiger partial charge < -0.3 is 20.5 Å².